The molecule has 0 aliphatic heterocycles. The summed E-state index contributed by atoms with van der Waals surface area (Å²) >= 11 is 0. The van der Waals surface area contributed by atoms with E-state index in [0.29, 0.717) is 0 Å². The molecule has 7 heavy (non-hydrogen) atoms. The summed E-state index contributed by atoms with van der Waals surface area (Å²) in [6, 6.07) is 0. The Balaban J connectivity index is 2.97. The van der Waals surface area contributed by atoms with Crippen molar-refractivity contribution < 1.29 is 14.7 Å². The lowest BCUT2D eigenvalue weighted by Gasteiger charge is -1.81. The summed E-state index contributed by atoms with van der Waals surface area (Å²) in [5.41, 5.74) is 0. The Bertz CT molecular complexity index is 80.2. The van der Waals surface area contributed by atoms with E-state index in [1.165, 1.54) is 0 Å². The summed E-state index contributed by atoms with van der Waals surface area (Å²) < 4.78 is 0. The predicted molar refractivity (Wildman–Crippen MR) is 20.7 cm³/mol. The molecule has 4 nitrogen and oxygen atoms in total. The van der Waals surface area contributed by atoms with E-state index in [-0.39, 0.29) is 6.41 Å². The number of rotatable bonds is 3. The van der Waals surface area contributed by atoms with E-state index < -0.39 is 12.5 Å². The molecule has 0 aromatic heterocycles. The molecule has 0 bridgehead atoms. The van der Waals surface area contributed by atoms with Crippen LogP contribution in [0.1, 0.15) is 0 Å². The zero-order valence-electron chi connectivity index (χ0n) is 3.50. The van der Waals surface area contributed by atoms with Gasteiger partial charge in [-0.2, -0.15) is 0 Å². The van der Waals surface area contributed by atoms with E-state index >= 15 is 0 Å². The summed E-state index contributed by atoms with van der Waals surface area (Å²) in [6.45, 7) is -0.427. The highest BCUT2D eigenvalue weighted by Gasteiger charge is 1.91. The minimum atomic E-state index is -1.09. The molecule has 0 aliphatic rings. The third kappa shape index (κ3) is 4.94. The van der Waals surface area contributed by atoms with Crippen LogP contribution < -0.4 is 5.32 Å². The number of carbonyl (C=O) groups excluding carboxylic acids is 1. The van der Waals surface area contributed by atoms with Gasteiger partial charge in [-0.1, -0.05) is 0 Å². The van der Waals surface area contributed by atoms with Crippen molar-refractivity contribution in [1.29, 1.82) is 0 Å². The first-order chi connectivity index (χ1) is 3.27. The highest BCUT2D eigenvalue weighted by atomic mass is 16.4. The minimum Gasteiger partial charge on any atom is -0.480 e. The van der Waals surface area contributed by atoms with Crippen LogP contribution in [0.15, 0.2) is 0 Å². The van der Waals surface area contributed by atoms with E-state index in [2.05, 4.69) is 5.32 Å². The standard InChI is InChI=1S/C3H4NO3/c5-2-4-1-3(6)7/h2H,1H2,(H,6,7). The molecular formula is C3H4NO3. The highest BCUT2D eigenvalue weighted by molar-refractivity contribution is 5.71. The molecule has 0 aromatic carbocycles. The van der Waals surface area contributed by atoms with E-state index in [9.17, 15) is 9.59 Å². The first-order valence-electron chi connectivity index (χ1n) is 1.59. The first kappa shape index (κ1) is 5.94. The molecule has 0 rings (SSSR count). The monoisotopic (exact) mass is 102 g/mol. The largest absolute Gasteiger partial charge is 0.480 e. The van der Waals surface area contributed by atoms with Crippen molar-refractivity contribution in [2.75, 3.05) is 6.54 Å². The van der Waals surface area contributed by atoms with Crippen molar-refractivity contribution in [3.8, 4) is 0 Å². The van der Waals surface area contributed by atoms with Crippen LogP contribution in [0.2, 0.25) is 0 Å². The Morgan fingerprint density at radius 1 is 1.86 bits per heavy atom. The maximum Gasteiger partial charge on any atom is 0.325 e. The maximum atomic E-state index is 9.51. The highest BCUT2D eigenvalue weighted by Crippen LogP contribution is 1.55. The van der Waals surface area contributed by atoms with Crippen molar-refractivity contribution in [2.24, 2.45) is 0 Å². The lowest BCUT2D eigenvalue weighted by molar-refractivity contribution is -0.136. The summed E-state index contributed by atoms with van der Waals surface area (Å²) in [7, 11) is 0. The smallest absolute Gasteiger partial charge is 0.325 e. The number of carboxylic acid groups (broad SMARTS) is 1. The van der Waals surface area contributed by atoms with E-state index in [0.717, 1.165) is 0 Å². The number of aliphatic carboxylic acids is 1. The van der Waals surface area contributed by atoms with Gasteiger partial charge in [-0.05, 0) is 0 Å². The predicted octanol–water partition coefficient (Wildman–Crippen LogP) is -1.17. The number of amides is 1. The Morgan fingerprint density at radius 3 is 2.57 bits per heavy atom. The molecule has 1 radical (unpaired) electrons. The van der Waals surface area contributed by atoms with Crippen molar-refractivity contribution in [3.05, 3.63) is 0 Å². The lowest BCUT2D eigenvalue weighted by atomic mass is 10.7. The van der Waals surface area contributed by atoms with Crippen molar-refractivity contribution >= 4 is 12.4 Å². The second kappa shape index (κ2) is 3.14. The molecule has 0 unspecified atom stereocenters. The van der Waals surface area contributed by atoms with Gasteiger partial charge in [0.2, 0.25) is 6.41 Å². The van der Waals surface area contributed by atoms with Crippen molar-refractivity contribution in [2.45, 2.75) is 0 Å². The van der Waals surface area contributed by atoms with Crippen LogP contribution in [-0.2, 0) is 9.59 Å². The van der Waals surface area contributed by atoms with E-state index in [4.69, 9.17) is 5.11 Å². The lowest BCUT2D eigenvalue weighted by Crippen LogP contribution is -2.13. The van der Waals surface area contributed by atoms with Gasteiger partial charge in [-0.25, -0.2) is 5.32 Å². The van der Waals surface area contributed by atoms with Gasteiger partial charge in [0, 0.05) is 0 Å². The average Bonchev–Trinajstić information content (AvgIpc) is 1.61. The molecule has 0 fully saturated rings. The molecule has 0 heterocycles. The van der Waals surface area contributed by atoms with Crippen LogP contribution in [-0.4, -0.2) is 24.0 Å². The third-order valence-corrected chi connectivity index (χ3v) is 0.301. The average molecular weight is 102 g/mol. The molecule has 0 atom stereocenters. The first-order valence-corrected chi connectivity index (χ1v) is 1.59. The molecule has 0 saturated heterocycles. The molecular weight excluding hydrogens is 98.0 g/mol. The molecule has 39 valence electrons. The van der Waals surface area contributed by atoms with Gasteiger partial charge >= 0.3 is 5.97 Å². The van der Waals surface area contributed by atoms with Crippen LogP contribution in [0, 0.1) is 0 Å². The fraction of sp³-hybridized carbons (Fsp3) is 0.333. The number of nitrogens with zero attached hydrogens (tertiary/aromatic N) is 1. The van der Waals surface area contributed by atoms with Gasteiger partial charge in [-0.15, -0.1) is 0 Å². The SMILES string of the molecule is O=C[N]CC(=O)O. The molecule has 0 aromatic rings. The number of hydrogen-bond acceptors (Lipinski definition) is 2. The molecule has 0 aliphatic carbocycles. The number of hydrogen-bond donors (Lipinski definition) is 1. The Hall–Kier alpha value is -1.06. The van der Waals surface area contributed by atoms with Gasteiger partial charge in [-0.3, -0.25) is 9.59 Å². The van der Waals surface area contributed by atoms with Crippen LogP contribution >= 0.6 is 0 Å². The second-order valence-electron chi connectivity index (χ2n) is 0.840. The van der Waals surface area contributed by atoms with Crippen LogP contribution in [0.5, 0.6) is 0 Å². The van der Waals surface area contributed by atoms with Crippen molar-refractivity contribution in [3.63, 3.8) is 0 Å². The molecule has 1 amide bonds. The zero-order chi connectivity index (χ0) is 5.70. The summed E-state index contributed by atoms with van der Waals surface area (Å²) in [4.78, 5) is 18.8. The summed E-state index contributed by atoms with van der Waals surface area (Å²) in [6.07, 6.45) is 0.216. The van der Waals surface area contributed by atoms with E-state index in [1.54, 1.807) is 0 Å². The van der Waals surface area contributed by atoms with E-state index in [1.807, 2.05) is 0 Å². The quantitative estimate of drug-likeness (QED) is 0.456. The second-order valence-corrected chi connectivity index (χ2v) is 0.840. The molecule has 4 heteroatoms. The van der Waals surface area contributed by atoms with Gasteiger partial charge in [0.1, 0.15) is 6.54 Å². The molecule has 0 saturated carbocycles. The number of carboxylic acids is 1. The number of carbonyl (C=O) groups is 2. The third-order valence-electron chi connectivity index (χ3n) is 0.301. The Morgan fingerprint density at radius 2 is 2.43 bits per heavy atom. The summed E-state index contributed by atoms with van der Waals surface area (Å²) in [5.74, 6) is -1.09. The zero-order valence-corrected chi connectivity index (χ0v) is 3.50. The van der Waals surface area contributed by atoms with Crippen LogP contribution in [0.4, 0.5) is 0 Å². The maximum absolute atomic E-state index is 9.51. The minimum absolute atomic E-state index is 0.216. The normalized spacial score (nSPS) is 7.43. The van der Waals surface area contributed by atoms with Crippen molar-refractivity contribution in [1.82, 2.24) is 5.32 Å². The fourth-order valence-electron chi connectivity index (χ4n) is 0.115. The van der Waals surface area contributed by atoms with Crippen LogP contribution in [0.3, 0.4) is 0 Å². The topological polar surface area (TPSA) is 68.5 Å². The van der Waals surface area contributed by atoms with Gasteiger partial charge in [0.15, 0.2) is 0 Å². The van der Waals surface area contributed by atoms with Gasteiger partial charge in [0.25, 0.3) is 0 Å². The molecule has 1 N–H and O–H groups in total. The Labute approximate surface area is 40.1 Å². The Kier molecular flexibility index (Phi) is 2.67. The van der Waals surface area contributed by atoms with Gasteiger partial charge in [0.05, 0.1) is 0 Å². The fourth-order valence-corrected chi connectivity index (χ4v) is 0.115. The molecule has 0 spiro atoms. The van der Waals surface area contributed by atoms with Crippen LogP contribution in [0.25, 0.3) is 0 Å². The van der Waals surface area contributed by atoms with Gasteiger partial charge < -0.3 is 5.11 Å². The summed E-state index contributed by atoms with van der Waals surface area (Å²) in [5, 5.41) is 10.7.